The van der Waals surface area contributed by atoms with E-state index < -0.39 is 54.5 Å². The second-order valence-corrected chi connectivity index (χ2v) is 9.83. The number of aromatic nitrogens is 5. The molecule has 10 nitrogen and oxygen atoms in total. The van der Waals surface area contributed by atoms with Crippen LogP contribution in [-0.2, 0) is 4.74 Å². The maximum absolute atomic E-state index is 13.8. The lowest BCUT2D eigenvalue weighted by Crippen LogP contribution is -2.53. The number of rotatable bonds is 5. The Morgan fingerprint density at radius 1 is 1.10 bits per heavy atom. The largest absolute Gasteiger partial charge is 0.394 e. The predicted molar refractivity (Wildman–Crippen MR) is 132 cm³/mol. The van der Waals surface area contributed by atoms with Crippen LogP contribution in [0, 0.1) is 35.7 Å². The number of benzene rings is 2. The maximum Gasteiger partial charge on any atom is 0.194 e. The Balaban J connectivity index is 1.57. The van der Waals surface area contributed by atoms with Crippen molar-refractivity contribution in [2.75, 3.05) is 6.61 Å². The molecule has 5 rings (SSSR count). The molecule has 2 unspecified atom stereocenters. The van der Waals surface area contributed by atoms with E-state index in [0.29, 0.717) is 16.0 Å². The van der Waals surface area contributed by atoms with Crippen molar-refractivity contribution in [3.05, 3.63) is 81.9 Å². The van der Waals surface area contributed by atoms with Crippen molar-refractivity contribution in [3.8, 4) is 22.9 Å². The van der Waals surface area contributed by atoms with Crippen molar-refractivity contribution in [3.63, 3.8) is 0 Å². The van der Waals surface area contributed by atoms with Gasteiger partial charge in [0, 0.05) is 16.2 Å². The van der Waals surface area contributed by atoms with Gasteiger partial charge in [-0.1, -0.05) is 15.9 Å². The van der Waals surface area contributed by atoms with Gasteiger partial charge in [-0.2, -0.15) is 15.5 Å². The Kier molecular flexibility index (Phi) is 7.27. The molecule has 0 aliphatic carbocycles. The molecule has 0 saturated carbocycles. The number of hydrogen-bond acceptors (Lipinski definition) is 8. The zero-order chi connectivity index (χ0) is 28.0. The number of aliphatic hydroxyl groups excluding tert-OH is 3. The summed E-state index contributed by atoms with van der Waals surface area (Å²) in [7, 11) is 0. The van der Waals surface area contributed by atoms with E-state index >= 15 is 0 Å². The molecule has 39 heavy (non-hydrogen) atoms. The first-order valence-corrected chi connectivity index (χ1v) is 12.4. The third-order valence-electron chi connectivity index (χ3n) is 6.42. The lowest BCUT2D eigenvalue weighted by Gasteiger charge is -2.41. The highest BCUT2D eigenvalue weighted by atomic mass is 79.9. The van der Waals surface area contributed by atoms with Crippen LogP contribution >= 0.6 is 15.9 Å². The summed E-state index contributed by atoms with van der Waals surface area (Å²) in [5.41, 5.74) is 0.782. The van der Waals surface area contributed by atoms with Crippen LogP contribution in [0.5, 0.6) is 0 Å². The van der Waals surface area contributed by atoms with Crippen LogP contribution in [0.2, 0.25) is 0 Å². The van der Waals surface area contributed by atoms with E-state index in [0.717, 1.165) is 12.1 Å². The zero-order valence-corrected chi connectivity index (χ0v) is 21.7. The molecule has 0 spiro atoms. The Hall–Kier alpha value is -3.61. The maximum atomic E-state index is 13.8. The monoisotopic (exact) mass is 604 g/mol. The van der Waals surface area contributed by atoms with Crippen molar-refractivity contribution in [2.45, 2.75) is 37.4 Å². The van der Waals surface area contributed by atoms with E-state index in [4.69, 9.17) is 4.74 Å². The van der Waals surface area contributed by atoms with Gasteiger partial charge in [0.15, 0.2) is 23.3 Å². The summed E-state index contributed by atoms with van der Waals surface area (Å²) in [5, 5.41) is 50.5. The van der Waals surface area contributed by atoms with E-state index in [1.807, 2.05) is 0 Å². The van der Waals surface area contributed by atoms with Gasteiger partial charge in [-0.15, -0.1) is 0 Å². The van der Waals surface area contributed by atoms with Gasteiger partial charge in [-0.25, -0.2) is 22.8 Å². The van der Waals surface area contributed by atoms with Crippen LogP contribution in [0.1, 0.15) is 29.4 Å². The number of aryl methyl sites for hydroxylation is 1. The van der Waals surface area contributed by atoms with Crippen molar-refractivity contribution < 1.29 is 33.2 Å². The Labute approximate surface area is 227 Å². The molecular weight excluding hydrogens is 585 g/mol. The molecule has 1 saturated heterocycles. The molecule has 4 aromatic rings. The Morgan fingerprint density at radius 3 is 2.49 bits per heavy atom. The smallest absolute Gasteiger partial charge is 0.194 e. The van der Waals surface area contributed by atoms with Gasteiger partial charge in [0.25, 0.3) is 0 Å². The molecular formula is C25H20BrF3N6O4. The zero-order valence-electron chi connectivity index (χ0n) is 20.1. The van der Waals surface area contributed by atoms with E-state index in [9.17, 15) is 33.8 Å². The average Bonchev–Trinajstić information content (AvgIpc) is 3.54. The van der Waals surface area contributed by atoms with Gasteiger partial charge in [0.05, 0.1) is 24.1 Å². The fourth-order valence-electron chi connectivity index (χ4n) is 4.57. The highest BCUT2D eigenvalue weighted by Crippen LogP contribution is 2.39. The second-order valence-electron chi connectivity index (χ2n) is 8.91. The number of aliphatic hydroxyl groups is 3. The highest BCUT2D eigenvalue weighted by Gasteiger charge is 2.48. The molecule has 1 fully saturated rings. The van der Waals surface area contributed by atoms with Crippen molar-refractivity contribution in [1.29, 1.82) is 5.26 Å². The van der Waals surface area contributed by atoms with Crippen molar-refractivity contribution >= 4 is 15.9 Å². The molecule has 0 radical (unpaired) electrons. The first kappa shape index (κ1) is 27.0. The van der Waals surface area contributed by atoms with Crippen LogP contribution in [0.25, 0.3) is 16.8 Å². The minimum atomic E-state index is -1.61. The standard InChI is InChI=1S/C25H20BrF3N6O4/c1-11-32-25(35(33-11)18-6-15(26)3-2-12(18)7-30)24-23(38)21(22(37)19(10-36)39-24)34-9-14(8-31-34)13-4-16(27)20(29)17(28)5-13/h2-6,8-9,19,21-24,36-38H,10H2,1H3/t19?,21-,22-,23?,24+/m0/s1. The topological polar surface area (TPSA) is 142 Å². The molecule has 5 atom stereocenters. The molecule has 14 heteroatoms. The van der Waals surface area contributed by atoms with Gasteiger partial charge in [0.2, 0.25) is 0 Å². The summed E-state index contributed by atoms with van der Waals surface area (Å²) >= 11 is 3.37. The SMILES string of the molecule is Cc1nc([C@@H]2OC(CO)[C@H](O)[C@H](n3cc(-c4cc(F)c(F)c(F)c4)cn3)C2O)n(-c2cc(Br)ccc2C#N)n1. The first-order chi connectivity index (χ1) is 18.6. The molecule has 2 aromatic heterocycles. The fraction of sp³-hybridized carbons (Fsp3) is 0.280. The van der Waals surface area contributed by atoms with Crippen LogP contribution in [-0.4, -0.2) is 64.8 Å². The number of halogens is 4. The van der Waals surface area contributed by atoms with Crippen LogP contribution < -0.4 is 0 Å². The lowest BCUT2D eigenvalue weighted by molar-refractivity contribution is -0.210. The average molecular weight is 605 g/mol. The van der Waals surface area contributed by atoms with E-state index in [1.54, 1.807) is 25.1 Å². The van der Waals surface area contributed by atoms with Gasteiger partial charge < -0.3 is 20.1 Å². The van der Waals surface area contributed by atoms with Crippen LogP contribution in [0.4, 0.5) is 13.2 Å². The van der Waals surface area contributed by atoms with E-state index in [2.05, 4.69) is 37.2 Å². The number of ether oxygens (including phenoxy) is 1. The summed E-state index contributed by atoms with van der Waals surface area (Å²) in [5.74, 6) is -3.99. The molecule has 1 aliphatic heterocycles. The third kappa shape index (κ3) is 4.83. The number of nitriles is 1. The summed E-state index contributed by atoms with van der Waals surface area (Å²) in [4.78, 5) is 4.40. The van der Waals surface area contributed by atoms with Gasteiger partial charge >= 0.3 is 0 Å². The van der Waals surface area contributed by atoms with Crippen LogP contribution in [0.3, 0.4) is 0 Å². The summed E-state index contributed by atoms with van der Waals surface area (Å²) in [6.07, 6.45) is -2.88. The molecule has 3 N–H and O–H groups in total. The quantitative estimate of drug-likeness (QED) is 0.295. The minimum absolute atomic E-state index is 0.0157. The van der Waals surface area contributed by atoms with Crippen molar-refractivity contribution in [2.24, 2.45) is 0 Å². The normalized spacial score (nSPS) is 23.1. The fourth-order valence-corrected chi connectivity index (χ4v) is 4.92. The molecule has 202 valence electrons. The number of hydrogen-bond donors (Lipinski definition) is 3. The third-order valence-corrected chi connectivity index (χ3v) is 6.91. The Morgan fingerprint density at radius 2 is 1.82 bits per heavy atom. The molecule has 1 aliphatic rings. The summed E-state index contributed by atoms with van der Waals surface area (Å²) < 4.78 is 50.1. The predicted octanol–water partition coefficient (Wildman–Crippen LogP) is 2.89. The molecule has 0 amide bonds. The highest BCUT2D eigenvalue weighted by molar-refractivity contribution is 9.10. The molecule has 2 aromatic carbocycles. The minimum Gasteiger partial charge on any atom is -0.394 e. The van der Waals surface area contributed by atoms with E-state index in [1.165, 1.54) is 21.8 Å². The van der Waals surface area contributed by atoms with Gasteiger partial charge in [-0.3, -0.25) is 4.68 Å². The van der Waals surface area contributed by atoms with Crippen molar-refractivity contribution in [1.82, 2.24) is 24.5 Å². The molecule has 0 bridgehead atoms. The van der Waals surface area contributed by atoms with Gasteiger partial charge in [0.1, 0.15) is 42.4 Å². The van der Waals surface area contributed by atoms with E-state index in [-0.39, 0.29) is 22.5 Å². The van der Waals surface area contributed by atoms with Crippen LogP contribution in [0.15, 0.2) is 47.2 Å². The summed E-state index contributed by atoms with van der Waals surface area (Å²) in [6, 6.07) is 7.36. The lowest BCUT2D eigenvalue weighted by atomic mass is 9.92. The number of nitrogens with zero attached hydrogens (tertiary/aromatic N) is 6. The summed E-state index contributed by atoms with van der Waals surface area (Å²) in [6.45, 7) is 0.979. The molecule has 3 heterocycles. The Bertz CT molecular complexity index is 1570. The first-order valence-electron chi connectivity index (χ1n) is 11.6. The van der Waals surface area contributed by atoms with Gasteiger partial charge in [-0.05, 0) is 42.8 Å². The second kappa shape index (κ2) is 10.5.